The molecule has 8 heteroatoms. The number of hydrogen-bond acceptors (Lipinski definition) is 6. The summed E-state index contributed by atoms with van der Waals surface area (Å²) in [5.74, 6) is 0.368. The van der Waals surface area contributed by atoms with Crippen molar-refractivity contribution < 1.29 is 9.59 Å². The highest BCUT2D eigenvalue weighted by molar-refractivity contribution is 7.99. The smallest absolute Gasteiger partial charge is 0.262 e. The molecule has 30 heavy (non-hydrogen) atoms. The number of aromatic nitrogens is 2. The van der Waals surface area contributed by atoms with Crippen molar-refractivity contribution in [1.29, 1.82) is 0 Å². The van der Waals surface area contributed by atoms with E-state index in [2.05, 4.69) is 0 Å². The molecule has 0 saturated heterocycles. The number of thioether (sulfide) groups is 1. The normalized spacial score (nSPS) is 15.3. The standard InChI is InChI=1S/C22H21N3O3S2/c1-24-21(28)17-15-9-6-10-16(15)30-18(17)23-22(24)29-12-5-4-11-25-19(26)13-7-2-3-8-14(13)20(25)27/h2-3,7-8H,4-6,9-12H2,1H3. The molecule has 5 rings (SSSR count). The van der Waals surface area contributed by atoms with Crippen LogP contribution in [0.4, 0.5) is 0 Å². The van der Waals surface area contributed by atoms with Gasteiger partial charge >= 0.3 is 0 Å². The molecule has 154 valence electrons. The van der Waals surface area contributed by atoms with Gasteiger partial charge in [0.25, 0.3) is 17.4 Å². The van der Waals surface area contributed by atoms with Crippen molar-refractivity contribution in [2.45, 2.75) is 37.3 Å². The number of imide groups is 1. The Morgan fingerprint density at radius 1 is 1.07 bits per heavy atom. The summed E-state index contributed by atoms with van der Waals surface area (Å²) in [6.45, 7) is 0.413. The van der Waals surface area contributed by atoms with Gasteiger partial charge in [-0.3, -0.25) is 23.9 Å². The largest absolute Gasteiger partial charge is 0.290 e. The van der Waals surface area contributed by atoms with Crippen molar-refractivity contribution >= 4 is 45.1 Å². The van der Waals surface area contributed by atoms with Crippen LogP contribution >= 0.6 is 23.1 Å². The van der Waals surface area contributed by atoms with Crippen LogP contribution < -0.4 is 5.56 Å². The first kappa shape index (κ1) is 19.5. The third kappa shape index (κ3) is 3.09. The minimum absolute atomic E-state index is 0.0490. The topological polar surface area (TPSA) is 72.3 Å². The maximum atomic E-state index is 12.8. The Morgan fingerprint density at radius 2 is 1.80 bits per heavy atom. The van der Waals surface area contributed by atoms with Crippen LogP contribution in [-0.2, 0) is 19.9 Å². The highest BCUT2D eigenvalue weighted by Gasteiger charge is 2.34. The first-order valence-corrected chi connectivity index (χ1v) is 12.0. The fourth-order valence-corrected chi connectivity index (χ4v) is 6.49. The van der Waals surface area contributed by atoms with Gasteiger partial charge in [0.2, 0.25) is 0 Å². The summed E-state index contributed by atoms with van der Waals surface area (Å²) in [5.41, 5.74) is 2.24. The molecule has 0 N–H and O–H groups in total. The van der Waals surface area contributed by atoms with Crippen molar-refractivity contribution in [1.82, 2.24) is 14.5 Å². The van der Waals surface area contributed by atoms with Crippen LogP contribution in [0.1, 0.15) is 50.4 Å². The Balaban J connectivity index is 1.21. The summed E-state index contributed by atoms with van der Waals surface area (Å²) in [6.07, 6.45) is 4.72. The second-order valence-corrected chi connectivity index (χ2v) is 9.80. The van der Waals surface area contributed by atoms with Crippen LogP contribution in [0.25, 0.3) is 10.2 Å². The molecule has 0 spiro atoms. The molecule has 6 nitrogen and oxygen atoms in total. The Labute approximate surface area is 181 Å². The third-order valence-corrected chi connectivity index (χ3v) is 8.09. The summed E-state index contributed by atoms with van der Waals surface area (Å²) in [5, 5.41) is 1.54. The van der Waals surface area contributed by atoms with Gasteiger partial charge in [0, 0.05) is 24.2 Å². The Kier molecular flexibility index (Phi) is 4.99. The second kappa shape index (κ2) is 7.67. The number of carbonyl (C=O) groups excluding carboxylic acids is 2. The van der Waals surface area contributed by atoms with Gasteiger partial charge in [-0.25, -0.2) is 4.98 Å². The van der Waals surface area contributed by atoms with Crippen molar-refractivity contribution in [3.63, 3.8) is 0 Å². The maximum Gasteiger partial charge on any atom is 0.262 e. The van der Waals surface area contributed by atoms with Crippen LogP contribution in [-0.4, -0.2) is 38.6 Å². The minimum Gasteiger partial charge on any atom is -0.290 e. The van der Waals surface area contributed by atoms with Crippen molar-refractivity contribution in [2.24, 2.45) is 7.05 Å². The molecular formula is C22H21N3O3S2. The number of amides is 2. The minimum atomic E-state index is -0.205. The van der Waals surface area contributed by atoms with E-state index < -0.39 is 0 Å². The second-order valence-electron chi connectivity index (χ2n) is 7.66. The average molecular weight is 440 g/mol. The number of aryl methyl sites for hydroxylation is 2. The van der Waals surface area contributed by atoms with Crippen LogP contribution in [0.3, 0.4) is 0 Å². The Hall–Kier alpha value is -2.45. The number of rotatable bonds is 6. The lowest BCUT2D eigenvalue weighted by Crippen LogP contribution is -2.30. The lowest BCUT2D eigenvalue weighted by Gasteiger charge is -2.13. The van der Waals surface area contributed by atoms with Gasteiger partial charge in [-0.1, -0.05) is 23.9 Å². The van der Waals surface area contributed by atoms with Gasteiger partial charge in [-0.05, 0) is 49.8 Å². The number of fused-ring (bicyclic) bond motifs is 4. The van der Waals surface area contributed by atoms with Gasteiger partial charge in [0.05, 0.1) is 16.5 Å². The van der Waals surface area contributed by atoms with Gasteiger partial charge in [0.15, 0.2) is 5.16 Å². The molecule has 0 bridgehead atoms. The molecule has 0 saturated carbocycles. The zero-order valence-electron chi connectivity index (χ0n) is 16.6. The molecule has 2 amide bonds. The number of carbonyl (C=O) groups is 2. The third-order valence-electron chi connectivity index (χ3n) is 5.79. The first-order chi connectivity index (χ1) is 14.6. The van der Waals surface area contributed by atoms with Crippen LogP contribution in [0.15, 0.2) is 34.2 Å². The molecule has 0 radical (unpaired) electrons. The van der Waals surface area contributed by atoms with Crippen LogP contribution in [0.2, 0.25) is 0 Å². The molecule has 3 aromatic rings. The van der Waals surface area contributed by atoms with Gasteiger partial charge in [-0.15, -0.1) is 11.3 Å². The zero-order chi connectivity index (χ0) is 20.8. The highest BCUT2D eigenvalue weighted by atomic mass is 32.2. The van der Waals surface area contributed by atoms with Crippen LogP contribution in [0, 0.1) is 0 Å². The predicted octanol–water partition coefficient (Wildman–Crippen LogP) is 3.65. The lowest BCUT2D eigenvalue weighted by atomic mass is 10.1. The molecule has 3 heterocycles. The van der Waals surface area contributed by atoms with E-state index in [0.717, 1.165) is 53.2 Å². The SMILES string of the molecule is Cn1c(SCCCCN2C(=O)c3ccccc3C2=O)nc2sc3c(c2c1=O)CCC3. The monoisotopic (exact) mass is 439 g/mol. The Morgan fingerprint density at radius 3 is 2.53 bits per heavy atom. The molecule has 0 atom stereocenters. The van der Waals surface area contributed by atoms with Crippen molar-refractivity contribution in [3.8, 4) is 0 Å². The maximum absolute atomic E-state index is 12.8. The average Bonchev–Trinajstić information content (AvgIpc) is 3.39. The fraction of sp³-hybridized carbons (Fsp3) is 0.364. The molecule has 0 fully saturated rings. The Bertz CT molecular complexity index is 1210. The van der Waals surface area contributed by atoms with Crippen molar-refractivity contribution in [3.05, 3.63) is 56.2 Å². The number of hydrogen-bond donors (Lipinski definition) is 0. The van der Waals surface area contributed by atoms with E-state index in [1.165, 1.54) is 15.3 Å². The van der Waals surface area contributed by atoms with E-state index in [0.29, 0.717) is 17.7 Å². The molecule has 2 aromatic heterocycles. The molecule has 1 aromatic carbocycles. The van der Waals surface area contributed by atoms with Crippen molar-refractivity contribution in [2.75, 3.05) is 12.3 Å². The van der Waals surface area contributed by atoms with E-state index in [-0.39, 0.29) is 17.4 Å². The molecule has 0 unspecified atom stereocenters. The van der Waals surface area contributed by atoms with Gasteiger partial charge in [-0.2, -0.15) is 0 Å². The number of benzene rings is 1. The van der Waals surface area contributed by atoms with Crippen LogP contribution in [0.5, 0.6) is 0 Å². The number of thiophene rings is 1. The molecular weight excluding hydrogens is 418 g/mol. The first-order valence-electron chi connectivity index (χ1n) is 10.2. The summed E-state index contributed by atoms with van der Waals surface area (Å²) in [6, 6.07) is 6.96. The lowest BCUT2D eigenvalue weighted by molar-refractivity contribution is 0.0652. The predicted molar refractivity (Wildman–Crippen MR) is 119 cm³/mol. The fourth-order valence-electron chi connectivity index (χ4n) is 4.21. The van der Waals surface area contributed by atoms with Gasteiger partial charge in [0.1, 0.15) is 4.83 Å². The van der Waals surface area contributed by atoms with E-state index in [1.54, 1.807) is 59.0 Å². The summed E-state index contributed by atoms with van der Waals surface area (Å²) < 4.78 is 1.66. The molecule has 1 aliphatic carbocycles. The molecule has 1 aliphatic heterocycles. The zero-order valence-corrected chi connectivity index (χ0v) is 18.3. The number of nitrogens with zero attached hydrogens (tertiary/aromatic N) is 3. The van der Waals surface area contributed by atoms with Gasteiger partial charge < -0.3 is 0 Å². The summed E-state index contributed by atoms with van der Waals surface area (Å²) in [7, 11) is 1.79. The highest BCUT2D eigenvalue weighted by Crippen LogP contribution is 2.35. The molecule has 2 aliphatic rings. The van der Waals surface area contributed by atoms with E-state index >= 15 is 0 Å². The van der Waals surface area contributed by atoms with E-state index in [4.69, 9.17) is 4.98 Å². The summed E-state index contributed by atoms with van der Waals surface area (Å²) in [4.78, 5) is 45.9. The van der Waals surface area contributed by atoms with E-state index in [9.17, 15) is 14.4 Å². The quantitative estimate of drug-likeness (QED) is 0.254. The summed E-state index contributed by atoms with van der Waals surface area (Å²) >= 11 is 3.22. The van der Waals surface area contributed by atoms with E-state index in [1.807, 2.05) is 0 Å². The number of unbranched alkanes of at least 4 members (excludes halogenated alkanes) is 1.